The highest BCUT2D eigenvalue weighted by atomic mass is 35.5. The summed E-state index contributed by atoms with van der Waals surface area (Å²) in [5, 5.41) is 0.701. The van der Waals surface area contributed by atoms with Gasteiger partial charge in [-0.3, -0.25) is 9.59 Å². The quantitative estimate of drug-likeness (QED) is 0.463. The molecule has 0 radical (unpaired) electrons. The van der Waals surface area contributed by atoms with E-state index in [0.717, 1.165) is 0 Å². The van der Waals surface area contributed by atoms with E-state index < -0.39 is 0 Å². The summed E-state index contributed by atoms with van der Waals surface area (Å²) in [6.45, 7) is 0. The second-order valence-corrected chi connectivity index (χ2v) is 6.27. The van der Waals surface area contributed by atoms with Crippen LogP contribution in [0.1, 0.15) is 15.9 Å². The molecule has 4 aromatic rings. The van der Waals surface area contributed by atoms with Gasteiger partial charge in [0.15, 0.2) is 0 Å². The van der Waals surface area contributed by atoms with Gasteiger partial charge in [-0.15, -0.1) is 0 Å². The lowest BCUT2D eigenvalue weighted by Crippen LogP contribution is -2.18. The molecule has 126 valence electrons. The first-order valence-electron chi connectivity index (χ1n) is 8.06. The van der Waals surface area contributed by atoms with Crippen molar-refractivity contribution in [3.8, 4) is 11.3 Å². The highest BCUT2D eigenvalue weighted by Crippen LogP contribution is 2.28. The molecule has 0 amide bonds. The molecule has 0 N–H and O–H groups in total. The van der Waals surface area contributed by atoms with Crippen LogP contribution in [0.25, 0.3) is 22.3 Å². The van der Waals surface area contributed by atoms with Crippen molar-refractivity contribution < 1.29 is 9.21 Å². The highest BCUT2D eigenvalue weighted by Gasteiger charge is 2.23. The van der Waals surface area contributed by atoms with E-state index in [1.54, 1.807) is 36.4 Å². The molecule has 3 nitrogen and oxygen atoms in total. The lowest BCUT2D eigenvalue weighted by molar-refractivity contribution is 0.103. The molecular weight excluding hydrogens is 348 g/mol. The molecule has 0 bridgehead atoms. The molecule has 4 rings (SSSR count). The summed E-state index contributed by atoms with van der Waals surface area (Å²) in [5.74, 6) is -0.112. The van der Waals surface area contributed by atoms with Crippen LogP contribution in [-0.2, 0) is 0 Å². The normalized spacial score (nSPS) is 10.8. The maximum absolute atomic E-state index is 13.2. The van der Waals surface area contributed by atoms with Crippen molar-refractivity contribution in [2.45, 2.75) is 0 Å². The Kier molecular flexibility index (Phi) is 4.15. The molecule has 0 spiro atoms. The molecule has 0 unspecified atom stereocenters. The average molecular weight is 361 g/mol. The smallest absolute Gasteiger partial charge is 0.204 e. The number of halogens is 1. The Bertz CT molecular complexity index is 1160. The first-order chi connectivity index (χ1) is 12.6. The summed E-state index contributed by atoms with van der Waals surface area (Å²) >= 11 is 6.03. The number of ketones is 1. The number of fused-ring (bicyclic) bond motifs is 1. The molecule has 0 saturated carbocycles. The molecule has 0 atom stereocenters. The number of carbonyl (C=O) groups excluding carboxylic acids is 1. The monoisotopic (exact) mass is 360 g/mol. The van der Waals surface area contributed by atoms with Crippen LogP contribution in [0.15, 0.2) is 88.1 Å². The van der Waals surface area contributed by atoms with E-state index in [0.29, 0.717) is 21.7 Å². The van der Waals surface area contributed by atoms with Crippen molar-refractivity contribution >= 4 is 28.4 Å². The average Bonchev–Trinajstić information content (AvgIpc) is 2.69. The fourth-order valence-corrected chi connectivity index (χ4v) is 3.07. The largest absolute Gasteiger partial charge is 0.455 e. The van der Waals surface area contributed by atoms with Crippen molar-refractivity contribution in [2.75, 3.05) is 0 Å². The topological polar surface area (TPSA) is 47.3 Å². The van der Waals surface area contributed by atoms with E-state index in [4.69, 9.17) is 16.0 Å². The molecule has 0 aliphatic rings. The molecule has 26 heavy (non-hydrogen) atoms. The van der Waals surface area contributed by atoms with E-state index in [1.165, 1.54) is 6.07 Å². The Hall–Kier alpha value is -3.17. The zero-order valence-corrected chi connectivity index (χ0v) is 14.4. The van der Waals surface area contributed by atoms with Crippen molar-refractivity contribution in [1.29, 1.82) is 0 Å². The molecule has 1 heterocycles. The van der Waals surface area contributed by atoms with E-state index in [9.17, 15) is 9.59 Å². The zero-order chi connectivity index (χ0) is 18.1. The van der Waals surface area contributed by atoms with Gasteiger partial charge >= 0.3 is 0 Å². The van der Waals surface area contributed by atoms with Crippen LogP contribution in [0.5, 0.6) is 0 Å². The number of carbonyl (C=O) groups is 1. The van der Waals surface area contributed by atoms with E-state index in [-0.39, 0.29) is 27.9 Å². The van der Waals surface area contributed by atoms with Crippen molar-refractivity contribution in [3.63, 3.8) is 0 Å². The van der Waals surface area contributed by atoms with Gasteiger partial charge in [-0.25, -0.2) is 0 Å². The lowest BCUT2D eigenvalue weighted by Gasteiger charge is -2.10. The van der Waals surface area contributed by atoms with Crippen LogP contribution in [0.4, 0.5) is 0 Å². The van der Waals surface area contributed by atoms with Gasteiger partial charge in [0.25, 0.3) is 0 Å². The second kappa shape index (κ2) is 6.62. The van der Waals surface area contributed by atoms with Crippen LogP contribution in [-0.4, -0.2) is 5.78 Å². The van der Waals surface area contributed by atoms with Gasteiger partial charge in [0.2, 0.25) is 11.2 Å². The summed E-state index contributed by atoms with van der Waals surface area (Å²) in [4.78, 5) is 26.2. The predicted molar refractivity (Wildman–Crippen MR) is 103 cm³/mol. The minimum Gasteiger partial charge on any atom is -0.455 e. The van der Waals surface area contributed by atoms with Crippen LogP contribution in [0, 0.1) is 0 Å². The van der Waals surface area contributed by atoms with Gasteiger partial charge in [0.1, 0.15) is 16.9 Å². The van der Waals surface area contributed by atoms with E-state index in [2.05, 4.69) is 0 Å². The van der Waals surface area contributed by atoms with Gasteiger partial charge in [-0.2, -0.15) is 0 Å². The minimum atomic E-state index is -0.388. The Labute approximate surface area is 154 Å². The van der Waals surface area contributed by atoms with Crippen molar-refractivity contribution in [1.82, 2.24) is 0 Å². The third-order valence-electron chi connectivity index (χ3n) is 4.15. The summed E-state index contributed by atoms with van der Waals surface area (Å²) in [6.07, 6.45) is 0. The Balaban J connectivity index is 2.07. The van der Waals surface area contributed by atoms with Gasteiger partial charge < -0.3 is 4.42 Å². The zero-order valence-electron chi connectivity index (χ0n) is 13.6. The standard InChI is InChI=1S/C22H13ClO3/c23-16-11-12-18-17(13-16)21(25)19(20(24)14-7-3-1-4-8-14)22(26-18)15-9-5-2-6-10-15/h1-13H. The number of benzene rings is 3. The maximum atomic E-state index is 13.2. The van der Waals surface area contributed by atoms with E-state index >= 15 is 0 Å². The van der Waals surface area contributed by atoms with E-state index in [1.807, 2.05) is 36.4 Å². The Morgan fingerprint density at radius 1 is 0.846 bits per heavy atom. The summed E-state index contributed by atoms with van der Waals surface area (Å²) in [5.41, 5.74) is 1.11. The third-order valence-corrected chi connectivity index (χ3v) is 4.39. The number of hydrogen-bond acceptors (Lipinski definition) is 3. The van der Waals surface area contributed by atoms with Crippen LogP contribution < -0.4 is 5.43 Å². The molecular formula is C22H13ClO3. The molecule has 0 fully saturated rings. The maximum Gasteiger partial charge on any atom is 0.204 e. The van der Waals surface area contributed by atoms with Crippen LogP contribution >= 0.6 is 11.6 Å². The van der Waals surface area contributed by atoms with Crippen LogP contribution in [0.3, 0.4) is 0 Å². The van der Waals surface area contributed by atoms with Gasteiger partial charge in [-0.05, 0) is 18.2 Å². The molecule has 1 aromatic heterocycles. The fraction of sp³-hybridized carbons (Fsp3) is 0. The van der Waals surface area contributed by atoms with Gasteiger partial charge in [0.05, 0.1) is 5.39 Å². The number of hydrogen-bond donors (Lipinski definition) is 0. The molecule has 4 heteroatoms. The lowest BCUT2D eigenvalue weighted by atomic mass is 9.97. The SMILES string of the molecule is O=C(c1ccccc1)c1c(-c2ccccc2)oc2ccc(Cl)cc2c1=O. The minimum absolute atomic E-state index is 0.0113. The Morgan fingerprint density at radius 2 is 1.50 bits per heavy atom. The van der Waals surface area contributed by atoms with Crippen LogP contribution in [0.2, 0.25) is 5.02 Å². The fourth-order valence-electron chi connectivity index (χ4n) is 2.90. The first kappa shape index (κ1) is 16.3. The van der Waals surface area contributed by atoms with Gasteiger partial charge in [-0.1, -0.05) is 72.3 Å². The Morgan fingerprint density at radius 3 is 2.19 bits per heavy atom. The van der Waals surface area contributed by atoms with Gasteiger partial charge in [0, 0.05) is 16.1 Å². The number of rotatable bonds is 3. The third kappa shape index (κ3) is 2.83. The predicted octanol–water partition coefficient (Wildman–Crippen LogP) is 5.34. The van der Waals surface area contributed by atoms with Crippen molar-refractivity contribution in [2.24, 2.45) is 0 Å². The highest BCUT2D eigenvalue weighted by molar-refractivity contribution is 6.31. The first-order valence-corrected chi connectivity index (χ1v) is 8.44. The summed E-state index contributed by atoms with van der Waals surface area (Å²) in [6, 6.07) is 22.7. The molecule has 0 aliphatic carbocycles. The molecule has 0 aliphatic heterocycles. The second-order valence-electron chi connectivity index (χ2n) is 5.84. The molecule has 3 aromatic carbocycles. The van der Waals surface area contributed by atoms with Crippen molar-refractivity contribution in [3.05, 3.63) is 105 Å². The summed E-state index contributed by atoms with van der Waals surface area (Å²) < 4.78 is 5.98. The summed E-state index contributed by atoms with van der Waals surface area (Å²) in [7, 11) is 0. The molecule has 0 saturated heterocycles.